The summed E-state index contributed by atoms with van der Waals surface area (Å²) in [5.74, 6) is -1.06. The second kappa shape index (κ2) is 8.71. The number of carbonyl (C=O) groups excluding carboxylic acids is 3. The Hall–Kier alpha value is -2.04. The SMILES string of the molecule is CCC(=O)CCC(C)N(C=O)C(=O)c1c(C)ccc(F)c1C(C)C. The quantitative estimate of drug-likeness (QED) is 0.675. The number of imide groups is 1. The van der Waals surface area contributed by atoms with Crippen LogP contribution >= 0.6 is 0 Å². The lowest BCUT2D eigenvalue weighted by Crippen LogP contribution is -2.39. The summed E-state index contributed by atoms with van der Waals surface area (Å²) >= 11 is 0. The van der Waals surface area contributed by atoms with Crippen molar-refractivity contribution < 1.29 is 18.8 Å². The summed E-state index contributed by atoms with van der Waals surface area (Å²) in [6, 6.07) is 2.46. The molecule has 0 radical (unpaired) electrons. The number of benzene rings is 1. The zero-order chi connectivity index (χ0) is 18.4. The third-order valence-corrected chi connectivity index (χ3v) is 4.25. The van der Waals surface area contributed by atoms with Gasteiger partial charge in [-0.05, 0) is 37.8 Å². The fourth-order valence-electron chi connectivity index (χ4n) is 2.72. The Bertz CT molecular complexity index is 625. The highest BCUT2D eigenvalue weighted by Crippen LogP contribution is 2.27. The molecule has 2 amide bonds. The maximum atomic E-state index is 14.2. The minimum Gasteiger partial charge on any atom is -0.300 e. The van der Waals surface area contributed by atoms with E-state index in [1.54, 1.807) is 26.8 Å². The van der Waals surface area contributed by atoms with Gasteiger partial charge in [0.15, 0.2) is 0 Å². The van der Waals surface area contributed by atoms with Crippen molar-refractivity contribution in [3.8, 4) is 0 Å². The lowest BCUT2D eigenvalue weighted by molar-refractivity contribution is -0.121. The molecule has 0 aromatic heterocycles. The minimum absolute atomic E-state index is 0.0879. The Balaban J connectivity index is 3.16. The van der Waals surface area contributed by atoms with E-state index in [0.29, 0.717) is 36.8 Å². The van der Waals surface area contributed by atoms with Crippen LogP contribution in [-0.2, 0) is 9.59 Å². The second-order valence-electron chi connectivity index (χ2n) is 6.41. The largest absolute Gasteiger partial charge is 0.300 e. The molecule has 0 fully saturated rings. The van der Waals surface area contributed by atoms with E-state index in [0.717, 1.165) is 4.90 Å². The van der Waals surface area contributed by atoms with Gasteiger partial charge < -0.3 is 0 Å². The Morgan fingerprint density at radius 3 is 2.38 bits per heavy atom. The van der Waals surface area contributed by atoms with E-state index in [2.05, 4.69) is 0 Å². The van der Waals surface area contributed by atoms with E-state index >= 15 is 0 Å². The summed E-state index contributed by atoms with van der Waals surface area (Å²) < 4.78 is 14.2. The maximum Gasteiger partial charge on any atom is 0.261 e. The first-order valence-electron chi connectivity index (χ1n) is 8.33. The van der Waals surface area contributed by atoms with Crippen molar-refractivity contribution in [2.24, 2.45) is 0 Å². The van der Waals surface area contributed by atoms with E-state index < -0.39 is 17.8 Å². The molecule has 24 heavy (non-hydrogen) atoms. The molecule has 0 spiro atoms. The van der Waals surface area contributed by atoms with Crippen molar-refractivity contribution in [2.45, 2.75) is 65.8 Å². The van der Waals surface area contributed by atoms with Gasteiger partial charge in [0.25, 0.3) is 5.91 Å². The van der Waals surface area contributed by atoms with Gasteiger partial charge in [-0.1, -0.05) is 26.8 Å². The van der Waals surface area contributed by atoms with Crippen LogP contribution in [0, 0.1) is 12.7 Å². The molecule has 132 valence electrons. The van der Waals surface area contributed by atoms with Gasteiger partial charge in [-0.3, -0.25) is 19.3 Å². The molecule has 0 aliphatic heterocycles. The number of Topliss-reactive ketones (excluding diaryl/α,β-unsaturated/α-hetero) is 1. The van der Waals surface area contributed by atoms with Gasteiger partial charge in [-0.25, -0.2) is 4.39 Å². The van der Waals surface area contributed by atoms with Crippen molar-refractivity contribution in [3.05, 3.63) is 34.6 Å². The van der Waals surface area contributed by atoms with Crippen LogP contribution in [0.4, 0.5) is 4.39 Å². The number of rotatable bonds is 8. The molecule has 0 saturated heterocycles. The zero-order valence-corrected chi connectivity index (χ0v) is 15.1. The molecule has 4 nitrogen and oxygen atoms in total. The van der Waals surface area contributed by atoms with Crippen molar-refractivity contribution in [2.75, 3.05) is 0 Å². The van der Waals surface area contributed by atoms with E-state index in [1.165, 1.54) is 6.07 Å². The molecule has 1 rings (SSSR count). The van der Waals surface area contributed by atoms with E-state index in [4.69, 9.17) is 0 Å². The molecule has 1 aromatic rings. The van der Waals surface area contributed by atoms with Gasteiger partial charge in [0.1, 0.15) is 11.6 Å². The monoisotopic (exact) mass is 335 g/mol. The minimum atomic E-state index is -0.512. The van der Waals surface area contributed by atoms with Crippen LogP contribution in [0.2, 0.25) is 0 Å². The molecule has 0 bridgehead atoms. The first-order valence-corrected chi connectivity index (χ1v) is 8.33. The topological polar surface area (TPSA) is 54.5 Å². The van der Waals surface area contributed by atoms with Crippen LogP contribution in [0.1, 0.15) is 74.4 Å². The molecule has 5 heteroatoms. The van der Waals surface area contributed by atoms with Gasteiger partial charge in [-0.15, -0.1) is 0 Å². The van der Waals surface area contributed by atoms with Crippen molar-refractivity contribution >= 4 is 18.1 Å². The number of amides is 2. The molecule has 1 atom stereocenters. The Labute approximate surface area is 143 Å². The molecular formula is C19H26FNO3. The molecule has 1 unspecified atom stereocenters. The summed E-state index contributed by atoms with van der Waals surface area (Å²) in [6.07, 6.45) is 1.62. The number of hydrogen-bond acceptors (Lipinski definition) is 3. The lowest BCUT2D eigenvalue weighted by Gasteiger charge is -2.26. The summed E-state index contributed by atoms with van der Waals surface area (Å²) in [5, 5.41) is 0. The molecule has 1 aromatic carbocycles. The fourth-order valence-corrected chi connectivity index (χ4v) is 2.72. The summed E-state index contributed by atoms with van der Waals surface area (Å²) in [7, 11) is 0. The first-order chi connectivity index (χ1) is 11.2. The molecule has 0 heterocycles. The number of hydrogen-bond donors (Lipinski definition) is 0. The molecule has 0 N–H and O–H groups in total. The highest BCUT2D eigenvalue weighted by molar-refractivity contribution is 6.02. The predicted molar refractivity (Wildman–Crippen MR) is 91.5 cm³/mol. The van der Waals surface area contributed by atoms with Crippen LogP contribution < -0.4 is 0 Å². The zero-order valence-electron chi connectivity index (χ0n) is 15.1. The summed E-state index contributed by atoms with van der Waals surface area (Å²) in [6.45, 7) is 8.85. The van der Waals surface area contributed by atoms with Crippen LogP contribution in [0.3, 0.4) is 0 Å². The normalized spacial score (nSPS) is 12.1. The Kier molecular flexibility index (Phi) is 7.26. The van der Waals surface area contributed by atoms with Crippen molar-refractivity contribution in [3.63, 3.8) is 0 Å². The van der Waals surface area contributed by atoms with Gasteiger partial charge in [0, 0.05) is 30.0 Å². The van der Waals surface area contributed by atoms with Crippen LogP contribution in [0.15, 0.2) is 12.1 Å². The molecule has 0 saturated carbocycles. The standard InChI is InChI=1S/C19H26FNO3/c1-6-15(23)9-8-14(5)21(11-22)19(24)18-13(4)7-10-16(20)17(18)12(2)3/h7,10-12,14H,6,8-9H2,1-5H3. The first kappa shape index (κ1) is 20.0. The molecular weight excluding hydrogens is 309 g/mol. The average Bonchev–Trinajstić information content (AvgIpc) is 2.54. The predicted octanol–water partition coefficient (Wildman–Crippen LogP) is 4.00. The smallest absolute Gasteiger partial charge is 0.261 e. The van der Waals surface area contributed by atoms with Gasteiger partial charge in [-0.2, -0.15) is 0 Å². The average molecular weight is 335 g/mol. The molecule has 0 aliphatic carbocycles. The fraction of sp³-hybridized carbons (Fsp3) is 0.526. The van der Waals surface area contributed by atoms with E-state index in [-0.39, 0.29) is 17.3 Å². The van der Waals surface area contributed by atoms with Crippen LogP contribution in [-0.4, -0.2) is 29.0 Å². The number of ketones is 1. The van der Waals surface area contributed by atoms with Crippen molar-refractivity contribution in [1.29, 1.82) is 0 Å². The number of aryl methyl sites for hydroxylation is 1. The number of halogens is 1. The summed E-state index contributed by atoms with van der Waals surface area (Å²) in [5.41, 5.74) is 1.20. The maximum absolute atomic E-state index is 14.2. The van der Waals surface area contributed by atoms with Gasteiger partial charge in [0.05, 0.1) is 0 Å². The van der Waals surface area contributed by atoms with Crippen molar-refractivity contribution in [1.82, 2.24) is 4.90 Å². The Morgan fingerprint density at radius 1 is 1.25 bits per heavy atom. The number of nitrogens with zero attached hydrogens (tertiary/aromatic N) is 1. The second-order valence-corrected chi connectivity index (χ2v) is 6.41. The third-order valence-electron chi connectivity index (χ3n) is 4.25. The Morgan fingerprint density at radius 2 is 1.88 bits per heavy atom. The lowest BCUT2D eigenvalue weighted by atomic mass is 9.92. The van der Waals surface area contributed by atoms with Gasteiger partial charge in [0.2, 0.25) is 6.41 Å². The highest BCUT2D eigenvalue weighted by atomic mass is 19.1. The summed E-state index contributed by atoms with van der Waals surface area (Å²) in [4.78, 5) is 36.9. The van der Waals surface area contributed by atoms with E-state index in [9.17, 15) is 18.8 Å². The van der Waals surface area contributed by atoms with Crippen LogP contribution in [0.5, 0.6) is 0 Å². The number of carbonyl (C=O) groups is 3. The van der Waals surface area contributed by atoms with Crippen LogP contribution in [0.25, 0.3) is 0 Å². The van der Waals surface area contributed by atoms with Gasteiger partial charge >= 0.3 is 0 Å². The molecule has 0 aliphatic rings. The highest BCUT2D eigenvalue weighted by Gasteiger charge is 2.27. The van der Waals surface area contributed by atoms with E-state index in [1.807, 2.05) is 13.8 Å². The third kappa shape index (κ3) is 4.49.